The highest BCUT2D eigenvalue weighted by atomic mass is 16.5. The first kappa shape index (κ1) is 18.9. The third-order valence-electron chi connectivity index (χ3n) is 4.23. The number of rotatable bonds is 6. The van der Waals surface area contributed by atoms with E-state index in [0.717, 1.165) is 5.56 Å². The Morgan fingerprint density at radius 2 is 1.80 bits per heavy atom. The predicted octanol–water partition coefficient (Wildman–Crippen LogP) is 0.246. The van der Waals surface area contributed by atoms with Crippen LogP contribution in [0.25, 0.3) is 0 Å². The number of nitrogens with one attached hydrogen (secondary N) is 2. The van der Waals surface area contributed by atoms with Crippen molar-refractivity contribution in [3.8, 4) is 0 Å². The third kappa shape index (κ3) is 4.14. The first-order valence-electron chi connectivity index (χ1n) is 7.91. The summed E-state index contributed by atoms with van der Waals surface area (Å²) >= 11 is 0. The normalized spacial score (nSPS) is 24.4. The average molecular weight is 346 g/mol. The summed E-state index contributed by atoms with van der Waals surface area (Å²) in [6.07, 6.45) is 5.54. The highest BCUT2D eigenvalue weighted by Crippen LogP contribution is 2.32. The van der Waals surface area contributed by atoms with Gasteiger partial charge in [0.1, 0.15) is 11.5 Å². The van der Waals surface area contributed by atoms with Gasteiger partial charge in [-0.1, -0.05) is 54.6 Å². The molecule has 2 amide bonds. The average Bonchev–Trinajstić information content (AvgIpc) is 2.65. The Morgan fingerprint density at radius 3 is 2.28 bits per heavy atom. The van der Waals surface area contributed by atoms with Crippen LogP contribution in [0.3, 0.4) is 0 Å². The molecule has 0 aromatic heterocycles. The smallest absolute Gasteiger partial charge is 0.268 e. The number of hydroxylamine groups is 1. The molecule has 0 fully saturated rings. The van der Waals surface area contributed by atoms with Gasteiger partial charge in [0, 0.05) is 5.92 Å². The number of allylic oxidation sites excluding steroid dienone is 2. The van der Waals surface area contributed by atoms with Crippen molar-refractivity contribution in [3.05, 3.63) is 60.2 Å². The standard InChI is InChI=1S/C18H22N2O5/c1-12(22)15(16(23)20-25)19-17(24)18(11-21)9-7-14(8-10-18)13-5-3-2-4-6-13/h2-10,12,14-15,21-22,25H,11H2,1H3,(H,19,24)(H,20,23)/t12-,14?,15+,18?/m1/s1. The topological polar surface area (TPSA) is 119 Å². The lowest BCUT2D eigenvalue weighted by Gasteiger charge is -2.30. The molecule has 0 saturated carbocycles. The van der Waals surface area contributed by atoms with Crippen LogP contribution < -0.4 is 10.8 Å². The molecular formula is C18H22N2O5. The van der Waals surface area contributed by atoms with E-state index in [2.05, 4.69) is 5.32 Å². The van der Waals surface area contributed by atoms with Crippen molar-refractivity contribution >= 4 is 11.8 Å². The molecular weight excluding hydrogens is 324 g/mol. The molecule has 25 heavy (non-hydrogen) atoms. The summed E-state index contributed by atoms with van der Waals surface area (Å²) in [5, 5.41) is 30.4. The minimum absolute atomic E-state index is 0.0259. The number of aliphatic hydroxyl groups excluding tert-OH is 2. The quantitative estimate of drug-likeness (QED) is 0.287. The van der Waals surface area contributed by atoms with E-state index in [9.17, 15) is 19.8 Å². The van der Waals surface area contributed by atoms with Gasteiger partial charge >= 0.3 is 0 Å². The highest BCUT2D eigenvalue weighted by molar-refractivity contribution is 5.92. The van der Waals surface area contributed by atoms with E-state index in [0.29, 0.717) is 0 Å². The van der Waals surface area contributed by atoms with Crippen LogP contribution >= 0.6 is 0 Å². The van der Waals surface area contributed by atoms with E-state index in [1.54, 1.807) is 24.3 Å². The van der Waals surface area contributed by atoms with Crippen molar-refractivity contribution in [2.24, 2.45) is 5.41 Å². The Bertz CT molecular complexity index is 655. The number of carbonyl (C=O) groups excluding carboxylic acids is 2. The van der Waals surface area contributed by atoms with Crippen LogP contribution in [0.2, 0.25) is 0 Å². The van der Waals surface area contributed by atoms with Crippen LogP contribution in [0, 0.1) is 5.41 Å². The van der Waals surface area contributed by atoms with Crippen LogP contribution in [0.15, 0.2) is 54.6 Å². The molecule has 1 aliphatic rings. The Balaban J connectivity index is 2.17. The first-order chi connectivity index (χ1) is 11.9. The van der Waals surface area contributed by atoms with E-state index in [1.807, 2.05) is 30.3 Å². The van der Waals surface area contributed by atoms with Gasteiger partial charge in [-0.15, -0.1) is 0 Å². The van der Waals surface area contributed by atoms with Gasteiger partial charge in [0.05, 0.1) is 12.7 Å². The maximum atomic E-state index is 12.6. The number of hydrogen-bond acceptors (Lipinski definition) is 5. The van der Waals surface area contributed by atoms with Crippen molar-refractivity contribution in [2.45, 2.75) is 25.0 Å². The minimum Gasteiger partial charge on any atom is -0.395 e. The fourth-order valence-electron chi connectivity index (χ4n) is 2.65. The zero-order valence-corrected chi connectivity index (χ0v) is 13.8. The number of aliphatic hydroxyl groups is 2. The molecule has 7 heteroatoms. The zero-order valence-electron chi connectivity index (χ0n) is 13.8. The summed E-state index contributed by atoms with van der Waals surface area (Å²) in [7, 11) is 0. The van der Waals surface area contributed by atoms with Gasteiger partial charge in [0.15, 0.2) is 0 Å². The Kier molecular flexibility index (Phi) is 6.08. The second-order valence-electron chi connectivity index (χ2n) is 6.02. The molecule has 2 atom stereocenters. The first-order valence-corrected chi connectivity index (χ1v) is 7.91. The van der Waals surface area contributed by atoms with Gasteiger partial charge in [-0.3, -0.25) is 14.8 Å². The van der Waals surface area contributed by atoms with Gasteiger partial charge in [0.25, 0.3) is 5.91 Å². The van der Waals surface area contributed by atoms with Crippen molar-refractivity contribution in [1.29, 1.82) is 0 Å². The molecule has 1 aromatic rings. The number of benzene rings is 1. The van der Waals surface area contributed by atoms with Crippen LogP contribution in [-0.4, -0.2) is 46.0 Å². The molecule has 0 radical (unpaired) electrons. The highest BCUT2D eigenvalue weighted by Gasteiger charge is 2.38. The summed E-state index contributed by atoms with van der Waals surface area (Å²) in [5.41, 5.74) is 1.11. The molecule has 1 aromatic carbocycles. The summed E-state index contributed by atoms with van der Waals surface area (Å²) in [4.78, 5) is 24.2. The fraction of sp³-hybridized carbons (Fsp3) is 0.333. The van der Waals surface area contributed by atoms with E-state index in [1.165, 1.54) is 12.4 Å². The van der Waals surface area contributed by atoms with E-state index < -0.39 is 36.0 Å². The van der Waals surface area contributed by atoms with Crippen LogP contribution in [0.4, 0.5) is 0 Å². The molecule has 0 bridgehead atoms. The van der Waals surface area contributed by atoms with Gasteiger partial charge in [-0.2, -0.15) is 0 Å². The maximum Gasteiger partial charge on any atom is 0.268 e. The Morgan fingerprint density at radius 1 is 1.20 bits per heavy atom. The van der Waals surface area contributed by atoms with Gasteiger partial charge < -0.3 is 15.5 Å². The number of carbonyl (C=O) groups is 2. The maximum absolute atomic E-state index is 12.6. The lowest BCUT2D eigenvalue weighted by Crippen LogP contribution is -2.55. The van der Waals surface area contributed by atoms with Crippen molar-refractivity contribution in [1.82, 2.24) is 10.8 Å². The second-order valence-corrected chi connectivity index (χ2v) is 6.02. The van der Waals surface area contributed by atoms with Crippen molar-refractivity contribution < 1.29 is 25.0 Å². The number of hydrogen-bond donors (Lipinski definition) is 5. The molecule has 0 saturated heterocycles. The van der Waals surface area contributed by atoms with Crippen LogP contribution in [0.5, 0.6) is 0 Å². The summed E-state index contributed by atoms with van der Waals surface area (Å²) < 4.78 is 0. The lowest BCUT2D eigenvalue weighted by molar-refractivity contribution is -0.139. The van der Waals surface area contributed by atoms with Crippen molar-refractivity contribution in [3.63, 3.8) is 0 Å². The molecule has 0 spiro atoms. The molecule has 5 N–H and O–H groups in total. The zero-order chi connectivity index (χ0) is 18.4. The number of amides is 2. The third-order valence-corrected chi connectivity index (χ3v) is 4.23. The van der Waals surface area contributed by atoms with Gasteiger partial charge in [0.2, 0.25) is 5.91 Å². The fourth-order valence-corrected chi connectivity index (χ4v) is 2.65. The van der Waals surface area contributed by atoms with Crippen molar-refractivity contribution in [2.75, 3.05) is 6.61 Å². The summed E-state index contributed by atoms with van der Waals surface area (Å²) in [6, 6.07) is 8.32. The van der Waals surface area contributed by atoms with E-state index in [4.69, 9.17) is 5.21 Å². The van der Waals surface area contributed by atoms with E-state index in [-0.39, 0.29) is 5.92 Å². The van der Waals surface area contributed by atoms with Crippen LogP contribution in [0.1, 0.15) is 18.4 Å². The molecule has 1 aliphatic carbocycles. The largest absolute Gasteiger partial charge is 0.395 e. The van der Waals surface area contributed by atoms with Crippen LogP contribution in [-0.2, 0) is 9.59 Å². The summed E-state index contributed by atoms with van der Waals surface area (Å²) in [5.74, 6) is -1.62. The molecule has 7 nitrogen and oxygen atoms in total. The van der Waals surface area contributed by atoms with Gasteiger partial charge in [-0.05, 0) is 12.5 Å². The predicted molar refractivity (Wildman–Crippen MR) is 90.5 cm³/mol. The molecule has 2 rings (SSSR count). The minimum atomic E-state index is -1.34. The Hall–Kier alpha value is -2.48. The molecule has 134 valence electrons. The second kappa shape index (κ2) is 8.06. The lowest BCUT2D eigenvalue weighted by atomic mass is 9.79. The van der Waals surface area contributed by atoms with Gasteiger partial charge in [-0.25, -0.2) is 5.48 Å². The molecule has 0 aliphatic heterocycles. The molecule has 0 unspecified atom stereocenters. The summed E-state index contributed by atoms with van der Waals surface area (Å²) in [6.45, 7) is 0.810. The monoisotopic (exact) mass is 346 g/mol. The SMILES string of the molecule is C[C@@H](O)[C@H](NC(=O)C1(CO)C=CC(c2ccccc2)C=C1)C(=O)NO. The Labute approximate surface area is 145 Å². The molecule has 0 heterocycles. The van der Waals surface area contributed by atoms with E-state index >= 15 is 0 Å².